The van der Waals surface area contributed by atoms with Crippen LogP contribution in [0.3, 0.4) is 0 Å². The molecular formula is C10H9BrN2O2. The number of nitrogens with zero attached hydrogens (tertiary/aromatic N) is 2. The highest BCUT2D eigenvalue weighted by Crippen LogP contribution is 2.25. The zero-order chi connectivity index (χ0) is 11.0. The number of aryl methyl sites for hydroxylation is 1. The van der Waals surface area contributed by atoms with Crippen molar-refractivity contribution in [2.24, 2.45) is 0 Å². The molecular weight excluding hydrogens is 260 g/mol. The van der Waals surface area contributed by atoms with Gasteiger partial charge in [0.05, 0.1) is 22.9 Å². The second-order valence-electron chi connectivity index (χ2n) is 3.16. The molecule has 0 saturated carbocycles. The smallest absolute Gasteiger partial charge is 0.335 e. The lowest BCUT2D eigenvalue weighted by molar-refractivity contribution is 0.0697. The van der Waals surface area contributed by atoms with Crippen molar-refractivity contribution >= 4 is 32.9 Å². The lowest BCUT2D eigenvalue weighted by Gasteiger charge is -2.02. The van der Waals surface area contributed by atoms with Gasteiger partial charge in [-0.15, -0.1) is 0 Å². The van der Waals surface area contributed by atoms with Crippen molar-refractivity contribution in [3.63, 3.8) is 0 Å². The fourth-order valence-electron chi connectivity index (χ4n) is 1.52. The summed E-state index contributed by atoms with van der Waals surface area (Å²) in [4.78, 5) is 15.0. The largest absolute Gasteiger partial charge is 0.478 e. The highest BCUT2D eigenvalue weighted by Gasteiger charge is 2.11. The molecule has 0 atom stereocenters. The van der Waals surface area contributed by atoms with Crippen LogP contribution in [0, 0.1) is 0 Å². The molecule has 0 amide bonds. The average Bonchev–Trinajstić information content (AvgIpc) is 2.60. The molecule has 4 nitrogen and oxygen atoms in total. The van der Waals surface area contributed by atoms with Crippen molar-refractivity contribution in [1.82, 2.24) is 9.55 Å². The molecule has 1 aromatic carbocycles. The van der Waals surface area contributed by atoms with E-state index in [4.69, 9.17) is 5.11 Å². The predicted molar refractivity (Wildman–Crippen MR) is 60.1 cm³/mol. The fourth-order valence-corrected chi connectivity index (χ4v) is 2.20. The number of carboxylic acid groups (broad SMARTS) is 1. The van der Waals surface area contributed by atoms with Crippen molar-refractivity contribution in [1.29, 1.82) is 0 Å². The molecule has 0 fully saturated rings. The van der Waals surface area contributed by atoms with Gasteiger partial charge in [0.25, 0.3) is 0 Å². The first-order valence-corrected chi connectivity index (χ1v) is 5.30. The second-order valence-corrected chi connectivity index (χ2v) is 4.02. The first kappa shape index (κ1) is 10.2. The minimum atomic E-state index is -0.941. The zero-order valence-electron chi connectivity index (χ0n) is 8.07. The van der Waals surface area contributed by atoms with Crippen LogP contribution in [0.5, 0.6) is 0 Å². The number of halogens is 1. The Kier molecular flexibility index (Phi) is 2.48. The lowest BCUT2D eigenvalue weighted by Crippen LogP contribution is -1.97. The summed E-state index contributed by atoms with van der Waals surface area (Å²) in [6.07, 6.45) is 1.71. The van der Waals surface area contributed by atoms with Crippen LogP contribution in [-0.4, -0.2) is 20.6 Å². The molecule has 0 radical (unpaired) electrons. The average molecular weight is 269 g/mol. The van der Waals surface area contributed by atoms with Gasteiger partial charge in [-0.25, -0.2) is 9.78 Å². The zero-order valence-corrected chi connectivity index (χ0v) is 9.65. The van der Waals surface area contributed by atoms with Gasteiger partial charge < -0.3 is 9.67 Å². The number of benzene rings is 1. The molecule has 1 aromatic heterocycles. The van der Waals surface area contributed by atoms with Gasteiger partial charge in [0, 0.05) is 11.0 Å². The van der Waals surface area contributed by atoms with Crippen molar-refractivity contribution < 1.29 is 9.90 Å². The van der Waals surface area contributed by atoms with Crippen LogP contribution in [0.2, 0.25) is 0 Å². The van der Waals surface area contributed by atoms with Crippen LogP contribution < -0.4 is 0 Å². The third kappa shape index (κ3) is 1.63. The van der Waals surface area contributed by atoms with Gasteiger partial charge in [-0.3, -0.25) is 0 Å². The molecule has 15 heavy (non-hydrogen) atoms. The topological polar surface area (TPSA) is 55.1 Å². The standard InChI is InChI=1S/C10H9BrN2O2/c1-2-13-5-12-8-4-6(10(14)15)3-7(11)9(8)13/h3-5H,2H2,1H3,(H,14,15). The van der Waals surface area contributed by atoms with E-state index < -0.39 is 5.97 Å². The van der Waals surface area contributed by atoms with Crippen LogP contribution in [0.1, 0.15) is 17.3 Å². The normalized spacial score (nSPS) is 10.8. The summed E-state index contributed by atoms with van der Waals surface area (Å²) >= 11 is 3.36. The van der Waals surface area contributed by atoms with Crippen LogP contribution >= 0.6 is 15.9 Å². The summed E-state index contributed by atoms with van der Waals surface area (Å²) in [6, 6.07) is 3.17. The van der Waals surface area contributed by atoms with Gasteiger partial charge in [-0.2, -0.15) is 0 Å². The van der Waals surface area contributed by atoms with E-state index >= 15 is 0 Å². The van der Waals surface area contributed by atoms with Crippen molar-refractivity contribution in [3.8, 4) is 0 Å². The van der Waals surface area contributed by atoms with Gasteiger partial charge in [-0.05, 0) is 35.0 Å². The molecule has 0 unspecified atom stereocenters. The molecule has 0 spiro atoms. The van der Waals surface area contributed by atoms with E-state index in [9.17, 15) is 4.79 Å². The third-order valence-electron chi connectivity index (χ3n) is 2.25. The maximum absolute atomic E-state index is 10.8. The molecule has 0 saturated heterocycles. The Balaban J connectivity index is 2.74. The van der Waals surface area contributed by atoms with Crippen LogP contribution in [0.4, 0.5) is 0 Å². The molecule has 0 bridgehead atoms. The molecule has 0 aliphatic carbocycles. The van der Waals surface area contributed by atoms with Gasteiger partial charge in [0.1, 0.15) is 0 Å². The van der Waals surface area contributed by atoms with Crippen molar-refractivity contribution in [2.75, 3.05) is 0 Å². The summed E-state index contributed by atoms with van der Waals surface area (Å²) in [5.74, 6) is -0.941. The number of carbonyl (C=O) groups is 1. The van der Waals surface area contributed by atoms with E-state index in [1.165, 1.54) is 0 Å². The highest BCUT2D eigenvalue weighted by molar-refractivity contribution is 9.10. The summed E-state index contributed by atoms with van der Waals surface area (Å²) in [6.45, 7) is 2.82. The number of hydrogen-bond donors (Lipinski definition) is 1. The van der Waals surface area contributed by atoms with Gasteiger partial charge in [0.15, 0.2) is 0 Å². The van der Waals surface area contributed by atoms with E-state index in [1.54, 1.807) is 18.5 Å². The first-order valence-electron chi connectivity index (χ1n) is 4.51. The van der Waals surface area contributed by atoms with E-state index in [1.807, 2.05) is 11.5 Å². The molecule has 2 rings (SSSR count). The number of hydrogen-bond acceptors (Lipinski definition) is 2. The summed E-state index contributed by atoms with van der Waals surface area (Å²) < 4.78 is 2.72. The predicted octanol–water partition coefficient (Wildman–Crippen LogP) is 2.52. The van der Waals surface area contributed by atoms with Gasteiger partial charge in [-0.1, -0.05) is 0 Å². The maximum Gasteiger partial charge on any atom is 0.335 e. The minimum absolute atomic E-state index is 0.246. The molecule has 0 aliphatic heterocycles. The first-order chi connectivity index (χ1) is 7.13. The Bertz CT molecular complexity index is 533. The third-order valence-corrected chi connectivity index (χ3v) is 2.86. The second kappa shape index (κ2) is 3.66. The number of aromatic nitrogens is 2. The highest BCUT2D eigenvalue weighted by atomic mass is 79.9. The Morgan fingerprint density at radius 3 is 2.93 bits per heavy atom. The number of rotatable bonds is 2. The Morgan fingerprint density at radius 2 is 2.33 bits per heavy atom. The molecule has 78 valence electrons. The quantitative estimate of drug-likeness (QED) is 0.911. The SMILES string of the molecule is CCn1cnc2cc(C(=O)O)cc(Br)c21. The van der Waals surface area contributed by atoms with E-state index in [2.05, 4.69) is 20.9 Å². The molecule has 2 aromatic rings. The summed E-state index contributed by atoms with van der Waals surface area (Å²) in [5, 5.41) is 8.88. The van der Waals surface area contributed by atoms with Crippen molar-refractivity contribution in [3.05, 3.63) is 28.5 Å². The van der Waals surface area contributed by atoms with Gasteiger partial charge >= 0.3 is 5.97 Å². The van der Waals surface area contributed by atoms with E-state index in [0.717, 1.165) is 16.5 Å². The number of imidazole rings is 1. The Labute approximate surface area is 94.7 Å². The molecule has 1 N–H and O–H groups in total. The van der Waals surface area contributed by atoms with Gasteiger partial charge in [0.2, 0.25) is 0 Å². The van der Waals surface area contributed by atoms with Crippen LogP contribution in [0.15, 0.2) is 22.9 Å². The number of carboxylic acids is 1. The number of aromatic carboxylic acids is 1. The van der Waals surface area contributed by atoms with Crippen LogP contribution in [0.25, 0.3) is 11.0 Å². The molecule has 1 heterocycles. The number of fused-ring (bicyclic) bond motifs is 1. The van der Waals surface area contributed by atoms with E-state index in [-0.39, 0.29) is 5.56 Å². The molecule has 5 heteroatoms. The maximum atomic E-state index is 10.8. The summed E-state index contributed by atoms with van der Waals surface area (Å²) in [7, 11) is 0. The Hall–Kier alpha value is -1.36. The monoisotopic (exact) mass is 268 g/mol. The lowest BCUT2D eigenvalue weighted by atomic mass is 10.2. The van der Waals surface area contributed by atoms with E-state index in [0.29, 0.717) is 5.52 Å². The van der Waals surface area contributed by atoms with Crippen molar-refractivity contribution in [2.45, 2.75) is 13.5 Å². The van der Waals surface area contributed by atoms with Crippen LogP contribution in [-0.2, 0) is 6.54 Å². The Morgan fingerprint density at radius 1 is 1.60 bits per heavy atom. The fraction of sp³-hybridized carbons (Fsp3) is 0.200. The molecule has 0 aliphatic rings. The minimum Gasteiger partial charge on any atom is -0.478 e. The summed E-state index contributed by atoms with van der Waals surface area (Å²) in [5.41, 5.74) is 1.88.